The summed E-state index contributed by atoms with van der Waals surface area (Å²) >= 11 is 0. The van der Waals surface area contributed by atoms with Crippen molar-refractivity contribution >= 4 is 34.4 Å². The van der Waals surface area contributed by atoms with Crippen LogP contribution in [0.1, 0.15) is 26.3 Å². The third-order valence-electron chi connectivity index (χ3n) is 5.27. The summed E-state index contributed by atoms with van der Waals surface area (Å²) in [5, 5.41) is 10.4. The van der Waals surface area contributed by atoms with Gasteiger partial charge < -0.3 is 10.6 Å². The molecule has 1 aliphatic heterocycles. The average Bonchev–Trinajstić information content (AvgIpc) is 3.39. The van der Waals surface area contributed by atoms with Crippen LogP contribution in [0, 0.1) is 0 Å². The molecule has 9 nitrogen and oxygen atoms in total. The summed E-state index contributed by atoms with van der Waals surface area (Å²) in [7, 11) is 0. The molecule has 0 saturated heterocycles. The first-order valence-corrected chi connectivity index (χ1v) is 9.41. The van der Waals surface area contributed by atoms with Crippen molar-refractivity contribution in [1.82, 2.24) is 29.3 Å². The highest BCUT2D eigenvalue weighted by molar-refractivity contribution is 6.06. The number of carbonyl (C=O) groups excluding carboxylic acids is 1. The van der Waals surface area contributed by atoms with Crippen molar-refractivity contribution in [3.8, 4) is 5.69 Å². The molecule has 0 spiro atoms. The van der Waals surface area contributed by atoms with Gasteiger partial charge in [-0.25, -0.2) is 9.97 Å². The maximum Gasteiger partial charge on any atom is 0.234 e. The molecule has 0 saturated carbocycles. The number of carbonyl (C=O) groups is 1. The van der Waals surface area contributed by atoms with Gasteiger partial charge in [0.1, 0.15) is 11.8 Å². The third kappa shape index (κ3) is 2.74. The smallest absolute Gasteiger partial charge is 0.234 e. The van der Waals surface area contributed by atoms with Gasteiger partial charge in [0.2, 0.25) is 11.9 Å². The topological polar surface area (TPSA) is 103 Å². The van der Waals surface area contributed by atoms with Crippen LogP contribution in [-0.2, 0) is 16.8 Å². The Hall–Kier alpha value is -3.75. The van der Waals surface area contributed by atoms with Gasteiger partial charge in [0.15, 0.2) is 5.65 Å². The zero-order chi connectivity index (χ0) is 20.2. The molecule has 5 rings (SSSR count). The van der Waals surface area contributed by atoms with Crippen molar-refractivity contribution in [3.63, 3.8) is 0 Å². The van der Waals surface area contributed by atoms with E-state index in [9.17, 15) is 4.79 Å². The molecule has 0 bridgehead atoms. The molecule has 1 aliphatic rings. The monoisotopic (exact) mass is 388 g/mol. The first kappa shape index (κ1) is 17.4. The van der Waals surface area contributed by atoms with Gasteiger partial charge in [-0.1, -0.05) is 6.07 Å². The van der Waals surface area contributed by atoms with Gasteiger partial charge in [-0.05, 0) is 38.5 Å². The number of nitrogens with one attached hydrogen (secondary N) is 2. The van der Waals surface area contributed by atoms with Crippen LogP contribution in [-0.4, -0.2) is 35.2 Å². The minimum atomic E-state index is -0.535. The summed E-state index contributed by atoms with van der Waals surface area (Å²) in [6.07, 6.45) is 7.03. The Kier molecular flexibility index (Phi) is 3.67. The van der Waals surface area contributed by atoms with Gasteiger partial charge in [0.05, 0.1) is 29.2 Å². The van der Waals surface area contributed by atoms with E-state index in [0.29, 0.717) is 17.1 Å². The van der Waals surface area contributed by atoms with E-state index >= 15 is 0 Å². The largest absolute Gasteiger partial charge is 0.325 e. The first-order chi connectivity index (χ1) is 14.0. The van der Waals surface area contributed by atoms with Crippen LogP contribution < -0.4 is 10.6 Å². The number of rotatable bonds is 4. The fourth-order valence-corrected chi connectivity index (χ4v) is 3.52. The van der Waals surface area contributed by atoms with Gasteiger partial charge in [-0.3, -0.25) is 14.0 Å². The van der Waals surface area contributed by atoms with Crippen LogP contribution in [0.3, 0.4) is 0 Å². The second-order valence-corrected chi connectivity index (χ2v) is 7.54. The quantitative estimate of drug-likeness (QED) is 0.557. The maximum atomic E-state index is 12.2. The highest BCUT2D eigenvalue weighted by Gasteiger charge is 2.38. The van der Waals surface area contributed by atoms with Gasteiger partial charge in [-0.15, -0.1) is 0 Å². The highest BCUT2D eigenvalue weighted by atomic mass is 16.2. The van der Waals surface area contributed by atoms with Crippen LogP contribution >= 0.6 is 0 Å². The fourth-order valence-electron chi connectivity index (χ4n) is 3.52. The lowest BCUT2D eigenvalue weighted by molar-refractivity contribution is -0.119. The molecule has 2 N–H and O–H groups in total. The Morgan fingerprint density at radius 1 is 1.21 bits per heavy atom. The van der Waals surface area contributed by atoms with E-state index in [-0.39, 0.29) is 5.91 Å². The molecule has 1 amide bonds. The van der Waals surface area contributed by atoms with Crippen molar-refractivity contribution in [2.75, 3.05) is 10.6 Å². The SMILES string of the molecule is CCn1cc(Nc2ncc3ncn(-c4ccc5c(c4)NC(=O)C5(C)C)c3n2)cn1. The van der Waals surface area contributed by atoms with Crippen molar-refractivity contribution in [3.05, 3.63) is 48.7 Å². The summed E-state index contributed by atoms with van der Waals surface area (Å²) in [6.45, 7) is 6.66. The number of aromatic nitrogens is 6. The summed E-state index contributed by atoms with van der Waals surface area (Å²) in [4.78, 5) is 25.6. The Labute approximate surface area is 166 Å². The summed E-state index contributed by atoms with van der Waals surface area (Å²) in [5.41, 5.74) is 4.32. The van der Waals surface area contributed by atoms with E-state index < -0.39 is 5.41 Å². The molecule has 0 radical (unpaired) electrons. The van der Waals surface area contributed by atoms with Crippen molar-refractivity contribution in [2.45, 2.75) is 32.7 Å². The van der Waals surface area contributed by atoms with Crippen LogP contribution in [0.25, 0.3) is 16.9 Å². The second-order valence-electron chi connectivity index (χ2n) is 7.54. The Morgan fingerprint density at radius 2 is 2.07 bits per heavy atom. The average molecular weight is 388 g/mol. The lowest BCUT2D eigenvalue weighted by Gasteiger charge is -2.15. The normalized spacial score (nSPS) is 14.8. The van der Waals surface area contributed by atoms with Crippen LogP contribution in [0.2, 0.25) is 0 Å². The molecule has 0 aliphatic carbocycles. The lowest BCUT2D eigenvalue weighted by atomic mass is 9.86. The molecule has 0 fully saturated rings. The molecule has 29 heavy (non-hydrogen) atoms. The zero-order valence-corrected chi connectivity index (χ0v) is 16.3. The molecule has 4 heterocycles. The van der Waals surface area contributed by atoms with E-state index in [2.05, 4.69) is 30.7 Å². The van der Waals surface area contributed by atoms with Gasteiger partial charge in [0, 0.05) is 18.4 Å². The number of aryl methyl sites for hydroxylation is 1. The molecule has 0 atom stereocenters. The molecule has 0 unspecified atom stereocenters. The number of fused-ring (bicyclic) bond motifs is 2. The molecule has 4 aromatic rings. The van der Waals surface area contributed by atoms with Crippen molar-refractivity contribution < 1.29 is 4.79 Å². The number of anilines is 3. The minimum Gasteiger partial charge on any atom is -0.325 e. The van der Waals surface area contributed by atoms with Gasteiger partial charge in [0.25, 0.3) is 0 Å². The number of amides is 1. The Morgan fingerprint density at radius 3 is 2.86 bits per heavy atom. The fraction of sp³-hybridized carbons (Fsp3) is 0.250. The number of nitrogens with zero attached hydrogens (tertiary/aromatic N) is 6. The standard InChI is InChI=1S/C20H20N8O/c1-4-27-10-12(8-23-27)24-19-21-9-16-17(26-19)28(11-22-16)13-5-6-14-15(7-13)25-18(29)20(14,2)3/h5-11H,4H2,1-3H3,(H,25,29)(H,21,24,26). The minimum absolute atomic E-state index is 0.00146. The molecular formula is C20H20N8O. The predicted octanol–water partition coefficient (Wildman–Crippen LogP) is 3.01. The molecule has 3 aromatic heterocycles. The third-order valence-corrected chi connectivity index (χ3v) is 5.27. The van der Waals surface area contributed by atoms with E-state index in [1.54, 1.807) is 18.7 Å². The highest BCUT2D eigenvalue weighted by Crippen LogP contribution is 2.38. The number of imidazole rings is 1. The number of benzene rings is 1. The van der Waals surface area contributed by atoms with E-state index in [4.69, 9.17) is 0 Å². The second kappa shape index (κ2) is 6.13. The van der Waals surface area contributed by atoms with E-state index in [1.165, 1.54) is 0 Å². The molecule has 146 valence electrons. The lowest BCUT2D eigenvalue weighted by Crippen LogP contribution is -2.26. The van der Waals surface area contributed by atoms with Crippen LogP contribution in [0.15, 0.2) is 43.1 Å². The first-order valence-electron chi connectivity index (χ1n) is 9.41. The van der Waals surface area contributed by atoms with Gasteiger partial charge in [-0.2, -0.15) is 10.1 Å². The van der Waals surface area contributed by atoms with Crippen molar-refractivity contribution in [1.29, 1.82) is 0 Å². The predicted molar refractivity (Wildman–Crippen MR) is 109 cm³/mol. The van der Waals surface area contributed by atoms with Gasteiger partial charge >= 0.3 is 0 Å². The molecule has 9 heteroatoms. The summed E-state index contributed by atoms with van der Waals surface area (Å²) in [5.74, 6) is 0.465. The van der Waals surface area contributed by atoms with Crippen molar-refractivity contribution in [2.24, 2.45) is 0 Å². The van der Waals surface area contributed by atoms with Crippen LogP contribution in [0.5, 0.6) is 0 Å². The van der Waals surface area contributed by atoms with E-state index in [0.717, 1.165) is 29.2 Å². The maximum absolute atomic E-state index is 12.2. The molecule has 1 aromatic carbocycles. The number of hydrogen-bond donors (Lipinski definition) is 2. The van der Waals surface area contributed by atoms with Crippen LogP contribution in [0.4, 0.5) is 17.3 Å². The summed E-state index contributed by atoms with van der Waals surface area (Å²) < 4.78 is 3.71. The Bertz CT molecular complexity index is 1250. The summed E-state index contributed by atoms with van der Waals surface area (Å²) in [6, 6.07) is 5.90. The number of hydrogen-bond acceptors (Lipinski definition) is 6. The Balaban J connectivity index is 1.53. The van der Waals surface area contributed by atoms with E-state index in [1.807, 2.05) is 54.4 Å². The molecular weight excluding hydrogens is 368 g/mol. The zero-order valence-electron chi connectivity index (χ0n) is 16.3.